The lowest BCUT2D eigenvalue weighted by Gasteiger charge is -2.13. The molecule has 1 aromatic heterocycles. The Morgan fingerprint density at radius 2 is 1.73 bits per heavy atom. The van der Waals surface area contributed by atoms with Gasteiger partial charge in [-0.2, -0.15) is 0 Å². The molecule has 6 heteroatoms. The smallest absolute Gasteiger partial charge is 0.339 e. The molecule has 0 bridgehead atoms. The second-order valence-electron chi connectivity index (χ2n) is 4.29. The first-order chi connectivity index (χ1) is 10.6. The molecule has 0 amide bonds. The largest absolute Gasteiger partial charge is 0.508 e. The Balaban J connectivity index is 2.44. The minimum atomic E-state index is -0.626. The Kier molecular flexibility index (Phi) is 4.73. The zero-order valence-electron chi connectivity index (χ0n) is 12.5. The summed E-state index contributed by atoms with van der Waals surface area (Å²) in [5, 5.41) is 9.39. The first kappa shape index (κ1) is 15.5. The van der Waals surface area contributed by atoms with Crippen molar-refractivity contribution in [1.82, 2.24) is 0 Å². The molecule has 0 atom stereocenters. The van der Waals surface area contributed by atoms with E-state index in [-0.39, 0.29) is 11.5 Å². The predicted octanol–water partition coefficient (Wildman–Crippen LogP) is 2.54. The van der Waals surface area contributed by atoms with Crippen molar-refractivity contribution >= 4 is 12.2 Å². The highest BCUT2D eigenvalue weighted by Gasteiger charge is 2.14. The van der Waals surface area contributed by atoms with Crippen LogP contribution in [0.1, 0.15) is 11.3 Å². The molecule has 0 aliphatic carbocycles. The van der Waals surface area contributed by atoms with E-state index < -0.39 is 5.63 Å². The normalized spacial score (nSPS) is 10.7. The zero-order chi connectivity index (χ0) is 16.1. The van der Waals surface area contributed by atoms with Crippen molar-refractivity contribution in [2.75, 3.05) is 21.3 Å². The number of hydrogen-bond acceptors (Lipinski definition) is 6. The number of rotatable bonds is 5. The lowest BCUT2D eigenvalue weighted by Crippen LogP contribution is -1.97. The third-order valence-corrected chi connectivity index (χ3v) is 2.94. The predicted molar refractivity (Wildman–Crippen MR) is 81.7 cm³/mol. The summed E-state index contributed by atoms with van der Waals surface area (Å²) >= 11 is 0. The lowest BCUT2D eigenvalue weighted by molar-refractivity contribution is 0.324. The van der Waals surface area contributed by atoms with Crippen molar-refractivity contribution in [3.8, 4) is 23.0 Å². The number of hydrogen-bond donors (Lipinski definition) is 1. The summed E-state index contributed by atoms with van der Waals surface area (Å²) in [5.74, 6) is 1.56. The van der Waals surface area contributed by atoms with E-state index in [9.17, 15) is 9.90 Å². The topological polar surface area (TPSA) is 78.1 Å². The van der Waals surface area contributed by atoms with Gasteiger partial charge in [-0.15, -0.1) is 0 Å². The summed E-state index contributed by atoms with van der Waals surface area (Å²) in [7, 11) is 4.57. The summed E-state index contributed by atoms with van der Waals surface area (Å²) in [4.78, 5) is 11.2. The van der Waals surface area contributed by atoms with E-state index in [1.54, 1.807) is 24.3 Å². The highest BCUT2D eigenvalue weighted by molar-refractivity contribution is 5.74. The Labute approximate surface area is 127 Å². The van der Waals surface area contributed by atoms with Crippen LogP contribution in [-0.2, 0) is 0 Å². The summed E-state index contributed by atoms with van der Waals surface area (Å²) in [6.45, 7) is 0. The third-order valence-electron chi connectivity index (χ3n) is 2.94. The van der Waals surface area contributed by atoms with Gasteiger partial charge in [-0.1, -0.05) is 0 Å². The van der Waals surface area contributed by atoms with Crippen molar-refractivity contribution in [1.29, 1.82) is 0 Å². The van der Waals surface area contributed by atoms with Gasteiger partial charge in [0.15, 0.2) is 11.5 Å². The maximum Gasteiger partial charge on any atom is 0.339 e. The third kappa shape index (κ3) is 3.22. The summed E-state index contributed by atoms with van der Waals surface area (Å²) in [6, 6.07) is 5.84. The molecule has 2 aromatic rings. The Morgan fingerprint density at radius 1 is 1.00 bits per heavy atom. The molecule has 116 valence electrons. The average molecular weight is 304 g/mol. The van der Waals surface area contributed by atoms with Crippen LogP contribution in [0.15, 0.2) is 33.5 Å². The van der Waals surface area contributed by atoms with Gasteiger partial charge >= 0.3 is 5.63 Å². The van der Waals surface area contributed by atoms with Gasteiger partial charge in [0.25, 0.3) is 0 Å². The summed E-state index contributed by atoms with van der Waals surface area (Å²) < 4.78 is 20.8. The number of ether oxygens (including phenoxy) is 3. The van der Waals surface area contributed by atoms with Gasteiger partial charge in [-0.25, -0.2) is 4.79 Å². The highest BCUT2D eigenvalue weighted by Crippen LogP contribution is 2.40. The molecule has 0 radical (unpaired) electrons. The van der Waals surface area contributed by atoms with Gasteiger partial charge in [0.2, 0.25) is 5.75 Å². The van der Waals surface area contributed by atoms with Crippen molar-refractivity contribution < 1.29 is 23.7 Å². The summed E-state index contributed by atoms with van der Waals surface area (Å²) in [5.41, 5.74) is 0.0741. The van der Waals surface area contributed by atoms with Gasteiger partial charge < -0.3 is 23.7 Å². The Bertz CT molecular complexity index is 745. The van der Waals surface area contributed by atoms with E-state index in [1.807, 2.05) is 0 Å². The lowest BCUT2D eigenvalue weighted by atomic mass is 10.1. The van der Waals surface area contributed by atoms with Gasteiger partial charge in [0.05, 0.1) is 27.4 Å². The van der Waals surface area contributed by atoms with Crippen LogP contribution < -0.4 is 19.8 Å². The van der Waals surface area contributed by atoms with E-state index in [0.29, 0.717) is 22.8 Å². The van der Waals surface area contributed by atoms with E-state index in [1.165, 1.54) is 27.4 Å². The molecule has 2 rings (SSSR count). The van der Waals surface area contributed by atoms with Gasteiger partial charge in [0.1, 0.15) is 11.5 Å². The number of methoxy groups -OCH3 is 3. The van der Waals surface area contributed by atoms with Gasteiger partial charge in [-0.05, 0) is 24.3 Å². The van der Waals surface area contributed by atoms with Crippen molar-refractivity contribution in [2.45, 2.75) is 0 Å². The fourth-order valence-electron chi connectivity index (χ4n) is 1.99. The number of benzene rings is 1. The molecule has 0 fully saturated rings. The van der Waals surface area contributed by atoms with Crippen LogP contribution in [0, 0.1) is 0 Å². The SMILES string of the molecule is COc1ccc(/C=C/c2cc(O)cc(=O)o2)c(OC)c1OC. The molecule has 1 heterocycles. The van der Waals surface area contributed by atoms with E-state index in [0.717, 1.165) is 6.07 Å². The number of aromatic hydroxyl groups is 1. The van der Waals surface area contributed by atoms with Crippen LogP contribution in [0.25, 0.3) is 12.2 Å². The quantitative estimate of drug-likeness (QED) is 0.914. The molecule has 0 saturated heterocycles. The van der Waals surface area contributed by atoms with Gasteiger partial charge in [0, 0.05) is 11.6 Å². The van der Waals surface area contributed by atoms with Crippen LogP contribution >= 0.6 is 0 Å². The second kappa shape index (κ2) is 6.71. The Hall–Kier alpha value is -2.89. The van der Waals surface area contributed by atoms with Crippen LogP contribution in [-0.4, -0.2) is 26.4 Å². The van der Waals surface area contributed by atoms with E-state index >= 15 is 0 Å². The zero-order valence-corrected chi connectivity index (χ0v) is 12.5. The second-order valence-corrected chi connectivity index (χ2v) is 4.29. The van der Waals surface area contributed by atoms with Crippen LogP contribution in [0.5, 0.6) is 23.0 Å². The minimum Gasteiger partial charge on any atom is -0.508 e. The van der Waals surface area contributed by atoms with Crippen LogP contribution in [0.4, 0.5) is 0 Å². The fourth-order valence-corrected chi connectivity index (χ4v) is 1.99. The van der Waals surface area contributed by atoms with Crippen molar-refractivity contribution in [3.63, 3.8) is 0 Å². The first-order valence-electron chi connectivity index (χ1n) is 6.40. The minimum absolute atomic E-state index is 0.157. The van der Waals surface area contributed by atoms with E-state index in [4.69, 9.17) is 18.6 Å². The van der Waals surface area contributed by atoms with Crippen molar-refractivity contribution in [2.24, 2.45) is 0 Å². The van der Waals surface area contributed by atoms with Crippen LogP contribution in [0.2, 0.25) is 0 Å². The Morgan fingerprint density at radius 3 is 2.32 bits per heavy atom. The maximum atomic E-state index is 11.2. The molecule has 1 N–H and O–H groups in total. The average Bonchev–Trinajstić information content (AvgIpc) is 2.50. The molecule has 22 heavy (non-hydrogen) atoms. The monoisotopic (exact) mass is 304 g/mol. The molecule has 0 aliphatic heterocycles. The maximum absolute atomic E-state index is 11.2. The first-order valence-corrected chi connectivity index (χ1v) is 6.40. The highest BCUT2D eigenvalue weighted by atomic mass is 16.5. The standard InChI is InChI=1S/C16H16O6/c1-19-13-7-5-10(15(20-2)16(13)21-3)4-6-12-8-11(17)9-14(18)22-12/h4-9,17H,1-3H3/b6-4+. The molecular formula is C16H16O6. The fraction of sp³-hybridized carbons (Fsp3) is 0.188. The van der Waals surface area contributed by atoms with Crippen LogP contribution in [0.3, 0.4) is 0 Å². The molecule has 6 nitrogen and oxygen atoms in total. The molecule has 1 aromatic carbocycles. The molecule has 0 spiro atoms. The molecule has 0 aliphatic rings. The molecule has 0 unspecified atom stereocenters. The molecular weight excluding hydrogens is 288 g/mol. The summed E-state index contributed by atoms with van der Waals surface area (Å²) in [6.07, 6.45) is 3.23. The van der Waals surface area contributed by atoms with Crippen molar-refractivity contribution in [3.05, 3.63) is 46.0 Å². The van der Waals surface area contributed by atoms with E-state index in [2.05, 4.69) is 0 Å². The van der Waals surface area contributed by atoms with Gasteiger partial charge in [-0.3, -0.25) is 0 Å². The molecule has 0 saturated carbocycles.